The van der Waals surface area contributed by atoms with Crippen LogP contribution in [0.1, 0.15) is 40.9 Å². The van der Waals surface area contributed by atoms with Gasteiger partial charge in [-0.25, -0.2) is 13.1 Å². The Morgan fingerprint density at radius 3 is 2.20 bits per heavy atom. The Kier molecular flexibility index (Phi) is 5.12. The molecule has 2 rings (SSSR count). The molecule has 0 amide bonds. The van der Waals surface area contributed by atoms with Crippen molar-refractivity contribution in [1.82, 2.24) is 9.78 Å². The van der Waals surface area contributed by atoms with E-state index in [-0.39, 0.29) is 22.1 Å². The zero-order valence-corrected chi connectivity index (χ0v) is 15.6. The number of rotatable bonds is 5. The second-order valence-electron chi connectivity index (χ2n) is 5.81. The Labute approximate surface area is 146 Å². The molecule has 0 saturated heterocycles. The van der Waals surface area contributed by atoms with Gasteiger partial charge in [0.25, 0.3) is 0 Å². The van der Waals surface area contributed by atoms with Gasteiger partial charge < -0.3 is 4.74 Å². The molecule has 0 bridgehead atoms. The molecule has 134 valence electrons. The minimum absolute atomic E-state index is 0.0856. The fraction of sp³-hybridized carbons (Fsp3) is 0.353. The van der Waals surface area contributed by atoms with Crippen molar-refractivity contribution in [1.29, 1.82) is 0 Å². The molecule has 7 nitrogen and oxygen atoms in total. The van der Waals surface area contributed by atoms with Gasteiger partial charge in [-0.05, 0) is 44.0 Å². The summed E-state index contributed by atoms with van der Waals surface area (Å²) in [5, 5.41) is 4.06. The molecule has 1 aromatic heterocycles. The SMILES string of the molecule is CCn1ncc(C(=O)c2cc(C)c(S(C)(=O)=O)c(C)c2)c1OC(C)=O. The van der Waals surface area contributed by atoms with E-state index in [1.807, 2.05) is 6.92 Å². The summed E-state index contributed by atoms with van der Waals surface area (Å²) in [5.41, 5.74) is 1.44. The van der Waals surface area contributed by atoms with Crippen LogP contribution in [0.3, 0.4) is 0 Å². The van der Waals surface area contributed by atoms with Crippen LogP contribution in [0.15, 0.2) is 23.2 Å². The number of carbonyl (C=O) groups excluding carboxylic acids is 2. The first kappa shape index (κ1) is 18.9. The lowest BCUT2D eigenvalue weighted by molar-refractivity contribution is -0.132. The Morgan fingerprint density at radius 1 is 1.20 bits per heavy atom. The number of nitrogens with zero attached hydrogens (tertiary/aromatic N) is 2. The van der Waals surface area contributed by atoms with Crippen molar-refractivity contribution in [2.75, 3.05) is 6.26 Å². The van der Waals surface area contributed by atoms with Crippen LogP contribution in [-0.4, -0.2) is 36.2 Å². The van der Waals surface area contributed by atoms with Crippen molar-refractivity contribution in [3.05, 3.63) is 40.6 Å². The van der Waals surface area contributed by atoms with Gasteiger partial charge in [0.1, 0.15) is 5.56 Å². The number of hydrogen-bond acceptors (Lipinski definition) is 6. The Bertz CT molecular complexity index is 934. The predicted octanol–water partition coefficient (Wildman–Crippen LogP) is 2.08. The van der Waals surface area contributed by atoms with Crippen LogP contribution in [0.25, 0.3) is 0 Å². The van der Waals surface area contributed by atoms with E-state index in [0.717, 1.165) is 6.26 Å². The summed E-state index contributed by atoms with van der Waals surface area (Å²) in [5.74, 6) is -0.853. The Balaban J connectivity index is 2.56. The number of carbonyl (C=O) groups is 2. The molecule has 0 aliphatic heterocycles. The third kappa shape index (κ3) is 3.79. The van der Waals surface area contributed by atoms with Crippen molar-refractivity contribution in [2.45, 2.75) is 39.1 Å². The summed E-state index contributed by atoms with van der Waals surface area (Å²) in [6.45, 7) is 6.77. The van der Waals surface area contributed by atoms with E-state index in [9.17, 15) is 18.0 Å². The van der Waals surface area contributed by atoms with Crippen molar-refractivity contribution in [3.63, 3.8) is 0 Å². The van der Waals surface area contributed by atoms with Gasteiger partial charge >= 0.3 is 5.97 Å². The topological polar surface area (TPSA) is 95.3 Å². The molecule has 0 radical (unpaired) electrons. The molecule has 0 aliphatic carbocycles. The molecule has 1 heterocycles. The van der Waals surface area contributed by atoms with Gasteiger partial charge in [0.2, 0.25) is 5.88 Å². The number of aryl methyl sites for hydroxylation is 3. The highest BCUT2D eigenvalue weighted by Gasteiger charge is 2.23. The van der Waals surface area contributed by atoms with E-state index in [4.69, 9.17) is 4.74 Å². The van der Waals surface area contributed by atoms with E-state index in [1.54, 1.807) is 13.8 Å². The maximum atomic E-state index is 12.8. The highest BCUT2D eigenvalue weighted by Crippen LogP contribution is 2.26. The van der Waals surface area contributed by atoms with Crippen LogP contribution >= 0.6 is 0 Å². The van der Waals surface area contributed by atoms with Gasteiger partial charge in [0.15, 0.2) is 15.6 Å². The summed E-state index contributed by atoms with van der Waals surface area (Å²) < 4.78 is 30.3. The zero-order valence-electron chi connectivity index (χ0n) is 14.8. The van der Waals surface area contributed by atoms with Crippen molar-refractivity contribution < 1.29 is 22.7 Å². The van der Waals surface area contributed by atoms with Crippen LogP contribution in [0, 0.1) is 13.8 Å². The molecule has 0 aliphatic rings. The fourth-order valence-electron chi connectivity index (χ4n) is 2.82. The van der Waals surface area contributed by atoms with Gasteiger partial charge in [-0.1, -0.05) is 0 Å². The number of benzene rings is 1. The highest BCUT2D eigenvalue weighted by atomic mass is 32.2. The number of ketones is 1. The molecule has 0 atom stereocenters. The second-order valence-corrected chi connectivity index (χ2v) is 7.77. The second kappa shape index (κ2) is 6.79. The average Bonchev–Trinajstić information content (AvgIpc) is 2.86. The molecular weight excluding hydrogens is 344 g/mol. The van der Waals surface area contributed by atoms with Crippen molar-refractivity contribution in [3.8, 4) is 5.88 Å². The number of ether oxygens (including phenoxy) is 1. The fourth-order valence-corrected chi connectivity index (χ4v) is 4.11. The molecular formula is C17H20N2O5S. The first-order chi connectivity index (χ1) is 11.6. The Morgan fingerprint density at radius 2 is 1.76 bits per heavy atom. The van der Waals surface area contributed by atoms with E-state index in [0.29, 0.717) is 23.2 Å². The van der Waals surface area contributed by atoms with Gasteiger partial charge in [-0.15, -0.1) is 0 Å². The van der Waals surface area contributed by atoms with E-state index in [2.05, 4.69) is 5.10 Å². The Hall–Kier alpha value is -2.48. The lowest BCUT2D eigenvalue weighted by Gasteiger charge is -2.11. The number of esters is 1. The normalized spacial score (nSPS) is 11.4. The van der Waals surface area contributed by atoms with E-state index in [1.165, 1.54) is 29.9 Å². The number of aromatic nitrogens is 2. The molecule has 0 fully saturated rings. The minimum Gasteiger partial charge on any atom is -0.407 e. The van der Waals surface area contributed by atoms with Gasteiger partial charge in [0, 0.05) is 25.3 Å². The maximum absolute atomic E-state index is 12.8. The van der Waals surface area contributed by atoms with Crippen molar-refractivity contribution >= 4 is 21.6 Å². The van der Waals surface area contributed by atoms with Crippen molar-refractivity contribution in [2.24, 2.45) is 0 Å². The van der Waals surface area contributed by atoms with Crippen LogP contribution in [-0.2, 0) is 21.2 Å². The molecule has 0 spiro atoms. The third-order valence-corrected chi connectivity index (χ3v) is 5.05. The zero-order chi connectivity index (χ0) is 18.9. The predicted molar refractivity (Wildman–Crippen MR) is 91.7 cm³/mol. The van der Waals surface area contributed by atoms with Crippen LogP contribution in [0.5, 0.6) is 5.88 Å². The summed E-state index contributed by atoms with van der Waals surface area (Å²) in [4.78, 5) is 24.4. The average molecular weight is 364 g/mol. The van der Waals surface area contributed by atoms with Crippen LogP contribution < -0.4 is 4.74 Å². The first-order valence-electron chi connectivity index (χ1n) is 7.66. The maximum Gasteiger partial charge on any atom is 0.309 e. The largest absolute Gasteiger partial charge is 0.407 e. The molecule has 0 N–H and O–H groups in total. The minimum atomic E-state index is -3.39. The molecule has 25 heavy (non-hydrogen) atoms. The first-order valence-corrected chi connectivity index (χ1v) is 9.55. The molecule has 2 aromatic rings. The lowest BCUT2D eigenvalue weighted by Crippen LogP contribution is -2.12. The van der Waals surface area contributed by atoms with E-state index < -0.39 is 15.8 Å². The number of hydrogen-bond donors (Lipinski definition) is 0. The van der Waals surface area contributed by atoms with Gasteiger partial charge in [-0.2, -0.15) is 5.10 Å². The highest BCUT2D eigenvalue weighted by molar-refractivity contribution is 7.90. The monoisotopic (exact) mass is 364 g/mol. The van der Waals surface area contributed by atoms with Crippen LogP contribution in [0.2, 0.25) is 0 Å². The van der Waals surface area contributed by atoms with Gasteiger partial charge in [-0.3, -0.25) is 9.59 Å². The summed E-state index contributed by atoms with van der Waals surface area (Å²) in [6, 6.07) is 3.04. The molecule has 8 heteroatoms. The molecule has 1 aromatic carbocycles. The van der Waals surface area contributed by atoms with E-state index >= 15 is 0 Å². The standard InChI is InChI=1S/C17H20N2O5S/c1-6-19-17(24-12(4)20)14(9-18-19)15(21)13-7-10(2)16(11(3)8-13)25(5,22)23/h7-9H,6H2,1-5H3. The quantitative estimate of drug-likeness (QED) is 0.595. The smallest absolute Gasteiger partial charge is 0.309 e. The van der Waals surface area contributed by atoms with Gasteiger partial charge in [0.05, 0.1) is 11.1 Å². The summed E-state index contributed by atoms with van der Waals surface area (Å²) >= 11 is 0. The molecule has 0 saturated carbocycles. The number of sulfone groups is 1. The third-order valence-electron chi connectivity index (χ3n) is 3.67. The van der Waals surface area contributed by atoms with Crippen LogP contribution in [0.4, 0.5) is 0 Å². The lowest BCUT2D eigenvalue weighted by atomic mass is 10.0. The summed E-state index contributed by atoms with van der Waals surface area (Å²) in [6.07, 6.45) is 2.48. The summed E-state index contributed by atoms with van der Waals surface area (Å²) in [7, 11) is -3.39. The molecule has 0 unspecified atom stereocenters.